The third-order valence-electron chi connectivity index (χ3n) is 13.1. The van der Waals surface area contributed by atoms with Gasteiger partial charge in [-0.25, -0.2) is 0 Å². The van der Waals surface area contributed by atoms with Gasteiger partial charge in [0.15, 0.2) is 0 Å². The van der Waals surface area contributed by atoms with Crippen molar-refractivity contribution in [1.82, 2.24) is 0 Å². The smallest absolute Gasteiger partial charge is 0.0799 e. The van der Waals surface area contributed by atoms with Crippen molar-refractivity contribution < 1.29 is 0 Å². The van der Waals surface area contributed by atoms with Crippen LogP contribution in [0.4, 0.5) is 0 Å². The lowest BCUT2D eigenvalue weighted by molar-refractivity contribution is -0.0991. The summed E-state index contributed by atoms with van der Waals surface area (Å²) in [5.74, 6) is 6.00. The summed E-state index contributed by atoms with van der Waals surface area (Å²) in [6, 6.07) is 12.7. The molecule has 0 nitrogen and oxygen atoms in total. The number of hydrogen-bond acceptors (Lipinski definition) is 0. The molecule has 0 unspecified atom stereocenters. The molecule has 0 radical (unpaired) electrons. The Hall–Kier alpha value is -0.606. The second kappa shape index (κ2) is 7.95. The predicted octanol–water partition coefficient (Wildman–Crippen LogP) is 9.81. The number of hydrogen-bond donors (Lipinski definition) is 0. The largest absolute Gasteiger partial charge is 0.0813 e. The molecule has 0 N–H and O–H groups in total. The average molecular weight is 505 g/mol. The topological polar surface area (TPSA) is 0 Å². The van der Waals surface area contributed by atoms with Crippen LogP contribution in [0.5, 0.6) is 0 Å². The van der Waals surface area contributed by atoms with Gasteiger partial charge in [-0.1, -0.05) is 114 Å². The molecule has 6 saturated carbocycles. The van der Waals surface area contributed by atoms with Gasteiger partial charge in [-0.05, 0) is 88.7 Å². The van der Waals surface area contributed by atoms with Gasteiger partial charge in [0.25, 0.3) is 0 Å². The summed E-state index contributed by atoms with van der Waals surface area (Å²) >= 11 is 0. The van der Waals surface area contributed by atoms with Crippen LogP contribution in [0.2, 0.25) is 38.3 Å². The molecule has 6 fully saturated rings. The van der Waals surface area contributed by atoms with E-state index < -0.39 is 16.1 Å². The molecule has 1 aromatic rings. The molecule has 4 bridgehead atoms. The summed E-state index contributed by atoms with van der Waals surface area (Å²) < 4.78 is 0. The van der Waals surface area contributed by atoms with Gasteiger partial charge >= 0.3 is 0 Å². The van der Waals surface area contributed by atoms with Gasteiger partial charge in [0.1, 0.15) is 0 Å². The molecule has 0 aliphatic heterocycles. The zero-order chi connectivity index (χ0) is 25.0. The molecule has 0 aromatic heterocycles. The first-order chi connectivity index (χ1) is 16.3. The first-order valence-electron chi connectivity index (χ1n) is 15.1. The summed E-state index contributed by atoms with van der Waals surface area (Å²) in [7, 11) is -2.95. The van der Waals surface area contributed by atoms with E-state index in [1.54, 1.807) is 17.2 Å². The van der Waals surface area contributed by atoms with Crippen molar-refractivity contribution in [2.45, 2.75) is 110 Å². The highest BCUT2D eigenvalue weighted by Crippen LogP contribution is 2.64. The molecule has 0 saturated heterocycles. The lowest BCUT2D eigenvalue weighted by atomic mass is 9.46. The molecule has 192 valence electrons. The highest BCUT2D eigenvalue weighted by molar-refractivity contribution is 6.95. The molecule has 8 rings (SSSR count). The van der Waals surface area contributed by atoms with Crippen LogP contribution in [-0.2, 0) is 0 Å². The molecule has 7 aliphatic rings. The fourth-order valence-corrected chi connectivity index (χ4v) is 18.1. The van der Waals surface area contributed by atoms with E-state index in [1.165, 1.54) is 44.6 Å². The van der Waals surface area contributed by atoms with Crippen molar-refractivity contribution in [3.63, 3.8) is 0 Å². The van der Waals surface area contributed by atoms with Gasteiger partial charge in [-0.3, -0.25) is 0 Å². The Labute approximate surface area is 218 Å². The molecule has 0 heterocycles. The molecule has 7 aliphatic carbocycles. The minimum atomic E-state index is -1.51. The van der Waals surface area contributed by atoms with Crippen LogP contribution in [0.3, 0.4) is 0 Å². The van der Waals surface area contributed by atoms with Gasteiger partial charge in [0, 0.05) is 0 Å². The Kier molecular flexibility index (Phi) is 5.61. The van der Waals surface area contributed by atoms with Crippen LogP contribution >= 0.6 is 0 Å². The SMILES string of the molecule is CC1(C)[C@@H]2CC[C@@H](C[Si](C)(C)C3=C[C@@H]([Si](C)(C)C[C@@H]4CC[C@@H]5C[C@H]4C5(C)C)c4ccccc43)[C@H]1C2. The Morgan fingerprint density at radius 2 is 1.29 bits per heavy atom. The van der Waals surface area contributed by atoms with E-state index in [0.717, 1.165) is 41.0 Å². The first-order valence-corrected chi connectivity index (χ1v) is 21.6. The van der Waals surface area contributed by atoms with Crippen LogP contribution < -0.4 is 0 Å². The van der Waals surface area contributed by atoms with E-state index in [9.17, 15) is 0 Å². The number of rotatable bonds is 6. The first kappa shape index (κ1) is 24.7. The van der Waals surface area contributed by atoms with E-state index in [2.05, 4.69) is 84.2 Å². The van der Waals surface area contributed by atoms with Gasteiger partial charge in [0.2, 0.25) is 0 Å². The molecule has 1 aromatic carbocycles. The third kappa shape index (κ3) is 3.69. The zero-order valence-corrected chi connectivity index (χ0v) is 26.1. The van der Waals surface area contributed by atoms with Crippen molar-refractivity contribution in [3.8, 4) is 0 Å². The van der Waals surface area contributed by atoms with Crippen LogP contribution in [-0.4, -0.2) is 16.1 Å². The number of benzene rings is 1. The standard InChI is InChI=1S/C33H52Si2/c1-32(2)24-15-13-22(28(32)17-24)20-34(5,6)30-19-31(27-12-10-9-11-26(27)30)35(7,8)21-23-14-16-25-18-29(23)33(25,3)4/h9-12,19,22-25,28-30H,13-18,20-21H2,1-8H3/t22-,23-,24+,25+,28+,29+,30+/m0/s1. The molecule has 2 heteroatoms. The summed E-state index contributed by atoms with van der Waals surface area (Å²) in [6.07, 6.45) is 12.0. The van der Waals surface area contributed by atoms with Crippen LogP contribution in [0.1, 0.15) is 82.9 Å². The molecule has 7 atom stereocenters. The molecule has 35 heavy (non-hydrogen) atoms. The highest BCUT2D eigenvalue weighted by atomic mass is 28.3. The summed E-state index contributed by atoms with van der Waals surface area (Å²) in [4.78, 5) is 0. The Bertz CT molecular complexity index is 1020. The van der Waals surface area contributed by atoms with E-state index in [0.29, 0.717) is 10.8 Å². The van der Waals surface area contributed by atoms with Crippen molar-refractivity contribution in [1.29, 1.82) is 0 Å². The fraction of sp³-hybridized carbons (Fsp3) is 0.758. The van der Waals surface area contributed by atoms with Crippen LogP contribution in [0.25, 0.3) is 5.20 Å². The Morgan fingerprint density at radius 3 is 1.83 bits per heavy atom. The predicted molar refractivity (Wildman–Crippen MR) is 158 cm³/mol. The molecule has 0 amide bonds. The van der Waals surface area contributed by atoms with Crippen molar-refractivity contribution in [2.75, 3.05) is 0 Å². The van der Waals surface area contributed by atoms with Crippen molar-refractivity contribution >= 4 is 21.3 Å². The van der Waals surface area contributed by atoms with E-state index >= 15 is 0 Å². The maximum Gasteiger partial charge on any atom is 0.0813 e. The molecular weight excluding hydrogens is 453 g/mol. The van der Waals surface area contributed by atoms with Crippen LogP contribution in [0, 0.1) is 46.3 Å². The Morgan fingerprint density at radius 1 is 0.743 bits per heavy atom. The van der Waals surface area contributed by atoms with Gasteiger partial charge in [-0.15, -0.1) is 0 Å². The second-order valence-electron chi connectivity index (χ2n) is 16.3. The maximum atomic E-state index is 2.89. The lowest BCUT2D eigenvalue weighted by Crippen LogP contribution is -2.54. The van der Waals surface area contributed by atoms with E-state index in [4.69, 9.17) is 0 Å². The Balaban J connectivity index is 1.26. The van der Waals surface area contributed by atoms with E-state index in [1.807, 2.05) is 5.20 Å². The second-order valence-corrected chi connectivity index (χ2v) is 26.0. The molecular formula is C33H52Si2. The molecule has 0 spiro atoms. The monoisotopic (exact) mass is 504 g/mol. The van der Waals surface area contributed by atoms with E-state index in [-0.39, 0.29) is 0 Å². The number of allylic oxidation sites excluding steroid dienone is 1. The third-order valence-corrected chi connectivity index (χ3v) is 20.2. The lowest BCUT2D eigenvalue weighted by Gasteiger charge is -2.61. The summed E-state index contributed by atoms with van der Waals surface area (Å²) in [6.45, 7) is 21.3. The summed E-state index contributed by atoms with van der Waals surface area (Å²) in [5.41, 5.74) is 5.35. The average Bonchev–Trinajstić information content (AvgIpc) is 3.20. The van der Waals surface area contributed by atoms with Crippen molar-refractivity contribution in [2.24, 2.45) is 46.3 Å². The maximum absolute atomic E-state index is 2.89. The highest BCUT2D eigenvalue weighted by Gasteiger charge is 2.57. The zero-order valence-electron chi connectivity index (χ0n) is 24.1. The normalized spacial score (nSPS) is 38.7. The van der Waals surface area contributed by atoms with Crippen LogP contribution in [0.15, 0.2) is 30.3 Å². The summed E-state index contributed by atoms with van der Waals surface area (Å²) in [5, 5.41) is 1.84. The van der Waals surface area contributed by atoms with Gasteiger partial charge in [0.05, 0.1) is 16.1 Å². The quantitative estimate of drug-likeness (QED) is 0.338. The fourth-order valence-electron chi connectivity index (χ4n) is 10.6. The minimum absolute atomic E-state index is 0.612. The van der Waals surface area contributed by atoms with Crippen molar-refractivity contribution in [3.05, 3.63) is 41.5 Å². The van der Waals surface area contributed by atoms with Gasteiger partial charge in [-0.2, -0.15) is 0 Å². The minimum Gasteiger partial charge on any atom is -0.0799 e. The van der Waals surface area contributed by atoms with Gasteiger partial charge < -0.3 is 0 Å². The number of fused-ring (bicyclic) bond motifs is 5.